The monoisotopic (exact) mass is 396 g/mol. The van der Waals surface area contributed by atoms with Gasteiger partial charge in [-0.3, -0.25) is 9.10 Å². The third-order valence-corrected chi connectivity index (χ3v) is 6.66. The van der Waals surface area contributed by atoms with Crippen molar-refractivity contribution in [3.8, 4) is 0 Å². The maximum Gasteiger partial charge on any atom is 0.265 e. The fourth-order valence-electron chi connectivity index (χ4n) is 3.53. The number of rotatable bonds is 6. The number of nitrogens with one attached hydrogen (secondary N) is 1. The standard InChI is InChI=1S/C21H20N2O4S/c1-27-14-17-7-3-2-6-16(17)12-22-20(24)13-23-18-10-4-8-15-9-5-11-19(21(15)18)28(23,25)26/h2-11H,12-14H2,1H3,(H,22,24). The molecule has 3 aromatic carbocycles. The molecule has 0 saturated carbocycles. The zero-order valence-electron chi connectivity index (χ0n) is 15.4. The first-order valence-electron chi connectivity index (χ1n) is 8.89. The summed E-state index contributed by atoms with van der Waals surface area (Å²) < 4.78 is 32.2. The zero-order valence-corrected chi connectivity index (χ0v) is 16.2. The van der Waals surface area contributed by atoms with Crippen LogP contribution in [0.2, 0.25) is 0 Å². The predicted molar refractivity (Wildman–Crippen MR) is 107 cm³/mol. The first kappa shape index (κ1) is 18.5. The van der Waals surface area contributed by atoms with Gasteiger partial charge in [-0.05, 0) is 28.6 Å². The number of anilines is 1. The van der Waals surface area contributed by atoms with Crippen LogP contribution in [0.1, 0.15) is 11.1 Å². The summed E-state index contributed by atoms with van der Waals surface area (Å²) in [5, 5.41) is 4.33. The molecule has 6 nitrogen and oxygen atoms in total. The third-order valence-electron chi connectivity index (χ3n) is 4.86. The number of carbonyl (C=O) groups is 1. The van der Waals surface area contributed by atoms with E-state index in [2.05, 4.69) is 5.32 Å². The smallest absolute Gasteiger partial charge is 0.265 e. The second-order valence-electron chi connectivity index (χ2n) is 6.62. The first-order chi connectivity index (χ1) is 13.5. The van der Waals surface area contributed by atoms with Gasteiger partial charge in [0.25, 0.3) is 10.0 Å². The summed E-state index contributed by atoms with van der Waals surface area (Å²) in [5.74, 6) is -0.361. The van der Waals surface area contributed by atoms with Crippen molar-refractivity contribution in [2.45, 2.75) is 18.0 Å². The van der Waals surface area contributed by atoms with Gasteiger partial charge in [0, 0.05) is 19.0 Å². The Balaban J connectivity index is 1.54. The topological polar surface area (TPSA) is 75.7 Å². The van der Waals surface area contributed by atoms with Gasteiger partial charge >= 0.3 is 0 Å². The average molecular weight is 396 g/mol. The molecule has 0 unspecified atom stereocenters. The van der Waals surface area contributed by atoms with Gasteiger partial charge < -0.3 is 10.1 Å². The van der Waals surface area contributed by atoms with Crippen LogP contribution in [0.5, 0.6) is 0 Å². The summed E-state index contributed by atoms with van der Waals surface area (Å²) in [6, 6.07) is 18.2. The van der Waals surface area contributed by atoms with E-state index in [4.69, 9.17) is 4.74 Å². The van der Waals surface area contributed by atoms with Gasteiger partial charge in [0.1, 0.15) is 6.54 Å². The molecule has 7 heteroatoms. The second-order valence-corrected chi connectivity index (χ2v) is 8.45. The van der Waals surface area contributed by atoms with E-state index in [-0.39, 0.29) is 17.3 Å². The molecule has 0 bridgehead atoms. The molecule has 0 aromatic heterocycles. The molecule has 1 aliphatic rings. The lowest BCUT2D eigenvalue weighted by Crippen LogP contribution is -2.38. The molecule has 1 amide bonds. The fourth-order valence-corrected chi connectivity index (χ4v) is 5.20. The van der Waals surface area contributed by atoms with Crippen LogP contribution in [-0.4, -0.2) is 28.0 Å². The minimum Gasteiger partial charge on any atom is -0.380 e. The lowest BCUT2D eigenvalue weighted by Gasteiger charge is -2.18. The van der Waals surface area contributed by atoms with Crippen LogP contribution in [0, 0.1) is 0 Å². The molecule has 0 saturated heterocycles. The number of hydrogen-bond acceptors (Lipinski definition) is 4. The second kappa shape index (κ2) is 7.26. The van der Waals surface area contributed by atoms with Crippen LogP contribution < -0.4 is 9.62 Å². The fraction of sp³-hybridized carbons (Fsp3) is 0.190. The average Bonchev–Trinajstić information content (AvgIpc) is 2.91. The van der Waals surface area contributed by atoms with E-state index in [1.165, 1.54) is 4.31 Å². The quantitative estimate of drug-likeness (QED) is 0.695. The number of hydrogen-bond donors (Lipinski definition) is 1. The molecular formula is C21H20N2O4S. The van der Waals surface area contributed by atoms with Crippen LogP contribution in [0.3, 0.4) is 0 Å². The Morgan fingerprint density at radius 3 is 2.46 bits per heavy atom. The molecule has 4 rings (SSSR count). The molecule has 1 N–H and O–H groups in total. The summed E-state index contributed by atoms with van der Waals surface area (Å²) in [6.45, 7) is 0.496. The molecule has 28 heavy (non-hydrogen) atoms. The van der Waals surface area contributed by atoms with Gasteiger partial charge in [-0.15, -0.1) is 0 Å². The van der Waals surface area contributed by atoms with Crippen molar-refractivity contribution >= 4 is 32.4 Å². The summed E-state index contributed by atoms with van der Waals surface area (Å²) in [4.78, 5) is 12.8. The predicted octanol–water partition coefficient (Wildman–Crippen LogP) is 2.81. The Kier molecular flexibility index (Phi) is 4.78. The molecule has 0 aliphatic carbocycles. The van der Waals surface area contributed by atoms with Crippen molar-refractivity contribution in [2.24, 2.45) is 0 Å². The lowest BCUT2D eigenvalue weighted by atomic mass is 10.1. The first-order valence-corrected chi connectivity index (χ1v) is 10.3. The van der Waals surface area contributed by atoms with Crippen LogP contribution in [-0.2, 0) is 32.7 Å². The lowest BCUT2D eigenvalue weighted by molar-refractivity contribution is -0.119. The van der Waals surface area contributed by atoms with Gasteiger partial charge in [-0.25, -0.2) is 8.42 Å². The largest absolute Gasteiger partial charge is 0.380 e. The Hall–Kier alpha value is -2.90. The number of benzene rings is 3. The Morgan fingerprint density at radius 2 is 1.71 bits per heavy atom. The number of nitrogens with zero attached hydrogens (tertiary/aromatic N) is 1. The molecule has 3 aromatic rings. The minimum atomic E-state index is -3.74. The number of methoxy groups -OCH3 is 1. The summed E-state index contributed by atoms with van der Waals surface area (Å²) in [5.41, 5.74) is 2.46. The van der Waals surface area contributed by atoms with E-state index in [0.29, 0.717) is 24.2 Å². The van der Waals surface area contributed by atoms with Gasteiger partial charge in [-0.2, -0.15) is 0 Å². The Bertz CT molecular complexity index is 1150. The van der Waals surface area contributed by atoms with E-state index in [1.54, 1.807) is 31.4 Å². The SMILES string of the molecule is COCc1ccccc1CNC(=O)CN1c2cccc3cccc(c23)S1(=O)=O. The van der Waals surface area contributed by atoms with E-state index in [9.17, 15) is 13.2 Å². The molecule has 0 spiro atoms. The van der Waals surface area contributed by atoms with Crippen LogP contribution in [0.15, 0.2) is 65.6 Å². The molecule has 1 aliphatic heterocycles. The molecule has 0 atom stereocenters. The van der Waals surface area contributed by atoms with Crippen molar-refractivity contribution < 1.29 is 17.9 Å². The van der Waals surface area contributed by atoms with Crippen molar-refractivity contribution in [1.29, 1.82) is 0 Å². The maximum atomic E-state index is 12.9. The Morgan fingerprint density at radius 1 is 1.00 bits per heavy atom. The highest BCUT2D eigenvalue weighted by Crippen LogP contribution is 2.41. The molecular weight excluding hydrogens is 376 g/mol. The molecule has 144 valence electrons. The number of carbonyl (C=O) groups excluding carboxylic acids is 1. The molecule has 0 radical (unpaired) electrons. The highest BCUT2D eigenvalue weighted by atomic mass is 32.2. The number of ether oxygens (including phenoxy) is 1. The normalized spacial score (nSPS) is 14.4. The summed E-state index contributed by atoms with van der Waals surface area (Å²) in [6.07, 6.45) is 0. The van der Waals surface area contributed by atoms with Crippen molar-refractivity contribution in [2.75, 3.05) is 18.0 Å². The van der Waals surface area contributed by atoms with Gasteiger partial charge in [0.2, 0.25) is 5.91 Å². The third kappa shape index (κ3) is 3.12. The highest BCUT2D eigenvalue weighted by Gasteiger charge is 2.36. The van der Waals surface area contributed by atoms with Crippen molar-refractivity contribution in [3.63, 3.8) is 0 Å². The molecule has 0 fully saturated rings. The van der Waals surface area contributed by atoms with E-state index >= 15 is 0 Å². The van der Waals surface area contributed by atoms with Crippen LogP contribution >= 0.6 is 0 Å². The van der Waals surface area contributed by atoms with Crippen LogP contribution in [0.25, 0.3) is 10.8 Å². The zero-order chi connectivity index (χ0) is 19.7. The van der Waals surface area contributed by atoms with Crippen LogP contribution in [0.4, 0.5) is 5.69 Å². The summed E-state index contributed by atoms with van der Waals surface area (Å²) in [7, 11) is -2.12. The van der Waals surface area contributed by atoms with Gasteiger partial charge in [0.15, 0.2) is 0 Å². The van der Waals surface area contributed by atoms with Crippen molar-refractivity contribution in [1.82, 2.24) is 5.32 Å². The highest BCUT2D eigenvalue weighted by molar-refractivity contribution is 7.93. The van der Waals surface area contributed by atoms with Crippen molar-refractivity contribution in [3.05, 3.63) is 71.8 Å². The van der Waals surface area contributed by atoms with E-state index in [0.717, 1.165) is 16.5 Å². The van der Waals surface area contributed by atoms with E-state index in [1.807, 2.05) is 36.4 Å². The number of amides is 1. The van der Waals surface area contributed by atoms with Gasteiger partial charge in [-0.1, -0.05) is 48.5 Å². The minimum absolute atomic E-state index is 0.249. The summed E-state index contributed by atoms with van der Waals surface area (Å²) >= 11 is 0. The molecule has 1 heterocycles. The Labute approximate surface area is 163 Å². The maximum absolute atomic E-state index is 12.9. The van der Waals surface area contributed by atoms with Gasteiger partial charge in [0.05, 0.1) is 17.2 Å². The number of sulfonamides is 1. The van der Waals surface area contributed by atoms with E-state index < -0.39 is 10.0 Å².